The average molecular weight is 901 g/mol. The van der Waals surface area contributed by atoms with Gasteiger partial charge < -0.3 is 44.2 Å². The molecule has 1 spiro atoms. The number of rotatable bonds is 10. The van der Waals surface area contributed by atoms with Gasteiger partial charge in [0, 0.05) is 95.8 Å². The van der Waals surface area contributed by atoms with Gasteiger partial charge in [0.2, 0.25) is 5.60 Å². The lowest BCUT2D eigenvalue weighted by Crippen LogP contribution is -2.81. The average Bonchev–Trinajstić information content (AvgIpc) is 3.94. The third-order valence-corrected chi connectivity index (χ3v) is 17.0. The van der Waals surface area contributed by atoms with Gasteiger partial charge in [-0.15, -0.1) is 11.8 Å². The predicted molar refractivity (Wildman–Crippen MR) is 239 cm³/mol. The fourth-order valence-electron chi connectivity index (χ4n) is 13.8. The van der Waals surface area contributed by atoms with Gasteiger partial charge in [0.25, 0.3) is 0 Å². The molecule has 5 aliphatic heterocycles. The van der Waals surface area contributed by atoms with Gasteiger partial charge in [-0.3, -0.25) is 24.2 Å². The number of carbonyl (C=O) groups is 4. The number of aliphatic carboxylic acids is 1. The lowest BCUT2D eigenvalue weighted by molar-refractivity contribution is -0.228. The molecular formula is C48H60N4O11S. The molecule has 2 unspecified atom stereocenters. The first kappa shape index (κ1) is 44.6. The highest BCUT2D eigenvalue weighted by Crippen LogP contribution is 2.68. The molecule has 6 aliphatic rings. The van der Waals surface area contributed by atoms with Gasteiger partial charge in [-0.2, -0.15) is 0 Å². The number of H-pyrrole nitrogens is 1. The lowest BCUT2D eigenvalue weighted by atomic mass is 9.47. The van der Waals surface area contributed by atoms with Crippen molar-refractivity contribution in [3.8, 4) is 5.75 Å². The highest BCUT2D eigenvalue weighted by Gasteiger charge is 2.80. The van der Waals surface area contributed by atoms with Crippen molar-refractivity contribution in [3.63, 3.8) is 0 Å². The van der Waals surface area contributed by atoms with E-state index in [0.29, 0.717) is 87.5 Å². The zero-order chi connectivity index (χ0) is 45.7. The number of hydrogen-bond donors (Lipinski definition) is 4. The number of anilines is 1. The molecule has 10 atom stereocenters. The fraction of sp³-hybridized carbons (Fsp3) is 0.583. The molecule has 2 bridgehead atoms. The predicted octanol–water partition coefficient (Wildman–Crippen LogP) is 4.17. The number of methoxy groups -OCH3 is 3. The fourth-order valence-corrected chi connectivity index (χ4v) is 14.4. The number of esters is 3. The number of carboxylic acid groups (broad SMARTS) is 1. The van der Waals surface area contributed by atoms with Crippen molar-refractivity contribution in [2.75, 3.05) is 71.8 Å². The smallest absolute Gasteiger partial charge is 0.344 e. The Bertz CT molecular complexity index is 2460. The maximum Gasteiger partial charge on any atom is 0.344 e. The molecule has 344 valence electrons. The van der Waals surface area contributed by atoms with E-state index in [0.717, 1.165) is 26.9 Å². The summed E-state index contributed by atoms with van der Waals surface area (Å²) in [5.41, 5.74) is -2.50. The quantitative estimate of drug-likeness (QED) is 0.0981. The molecule has 3 fully saturated rings. The standard InChI is InChI=1S/C48H60N4O11S/c1-8-44(58)22-28-23-47(42(56)61-6,38-30(13-17-51(24-28)26-44)31-19-29(64-25-37(54)55)11-12-34(31)49-38)33-20-32-35(21-36(33)60-5)50(4)40-46(32)15-18-52-16-10-14-45(9-2,39(46)52)41(63-27(3)53)48(40,59)43(57)62-7/h10-12,14,19-21,28,39-41,49,58-59H,8-9,13,15-18,22-26H2,1-7H3,(H,54,55)/t28-,39+,40?,41-,44+,45-,46-,47+,48+/m1/s1. The van der Waals surface area contributed by atoms with E-state index < -0.39 is 63.5 Å². The molecule has 2 saturated heterocycles. The number of aromatic nitrogens is 1. The van der Waals surface area contributed by atoms with Gasteiger partial charge in [-0.05, 0) is 86.4 Å². The molecule has 2 aromatic carbocycles. The summed E-state index contributed by atoms with van der Waals surface area (Å²) in [7, 11) is 6.03. The van der Waals surface area contributed by atoms with Crippen molar-refractivity contribution in [2.24, 2.45) is 11.3 Å². The first-order chi connectivity index (χ1) is 30.5. The van der Waals surface area contributed by atoms with Crippen LogP contribution in [0.1, 0.15) is 75.3 Å². The number of nitrogens with zero attached hydrogens (tertiary/aromatic N) is 3. The second-order valence-corrected chi connectivity index (χ2v) is 20.1. The van der Waals surface area contributed by atoms with Gasteiger partial charge >= 0.3 is 23.9 Å². The topological polar surface area (TPSA) is 191 Å². The molecule has 1 saturated carbocycles. The lowest BCUT2D eigenvalue weighted by Gasteiger charge is -2.63. The zero-order valence-corrected chi connectivity index (χ0v) is 38.5. The Hall–Kier alpha value is -4.61. The van der Waals surface area contributed by atoms with Crippen LogP contribution >= 0.6 is 11.8 Å². The van der Waals surface area contributed by atoms with E-state index >= 15 is 4.79 Å². The number of piperidine rings is 1. The molecule has 0 amide bonds. The molecule has 3 aromatic rings. The van der Waals surface area contributed by atoms with E-state index in [-0.39, 0.29) is 24.1 Å². The third kappa shape index (κ3) is 6.14. The number of fused-ring (bicyclic) bond motifs is 6. The molecule has 16 heteroatoms. The van der Waals surface area contributed by atoms with Crippen LogP contribution in [0.5, 0.6) is 5.75 Å². The highest BCUT2D eigenvalue weighted by molar-refractivity contribution is 8.00. The molecular weight excluding hydrogens is 841 g/mol. The largest absolute Gasteiger partial charge is 0.496 e. The SMILES string of the molecule is CC[C@]1(O)C[C@H]2CN(CCc3c([nH]c4ccc(SCC(=O)O)cc34)[C@@](C(=O)OC)(c3cc4c(cc3OC)N(C)C3[C@]45CCN4CC=C[C@@](CC)([C@@H](OC(C)=O)[C@]3(O)C(=O)OC)[C@H]45)C2)C1. The van der Waals surface area contributed by atoms with Crippen LogP contribution in [-0.4, -0.2) is 150 Å². The Balaban J connectivity index is 1.35. The van der Waals surface area contributed by atoms with Crippen LogP contribution < -0.4 is 9.64 Å². The van der Waals surface area contributed by atoms with Crippen molar-refractivity contribution in [1.29, 1.82) is 0 Å². The molecule has 9 rings (SSSR count). The number of nitrogens with one attached hydrogen (secondary N) is 1. The summed E-state index contributed by atoms with van der Waals surface area (Å²) in [5.74, 6) is -2.87. The van der Waals surface area contributed by atoms with Crippen molar-refractivity contribution in [2.45, 2.75) is 104 Å². The maximum atomic E-state index is 15.5. The summed E-state index contributed by atoms with van der Waals surface area (Å²) in [6.07, 6.45) is 5.46. The second-order valence-electron chi connectivity index (χ2n) is 19.0. The molecule has 15 nitrogen and oxygen atoms in total. The number of hydrogen-bond acceptors (Lipinski definition) is 14. The minimum absolute atomic E-state index is 0.112. The van der Waals surface area contributed by atoms with Crippen LogP contribution in [-0.2, 0) is 50.6 Å². The van der Waals surface area contributed by atoms with Gasteiger partial charge in [-0.1, -0.05) is 26.0 Å². The molecule has 1 aromatic heterocycles. The Morgan fingerprint density at radius 3 is 2.39 bits per heavy atom. The van der Waals surface area contributed by atoms with Crippen LogP contribution in [0, 0.1) is 11.3 Å². The number of benzene rings is 2. The Morgan fingerprint density at radius 1 is 0.953 bits per heavy atom. The number of aliphatic hydroxyl groups is 2. The van der Waals surface area contributed by atoms with E-state index in [1.165, 1.54) is 32.9 Å². The molecule has 4 N–H and O–H groups in total. The Labute approximate surface area is 377 Å². The molecule has 0 radical (unpaired) electrons. The van der Waals surface area contributed by atoms with Crippen molar-refractivity contribution in [1.82, 2.24) is 14.8 Å². The first-order valence-corrected chi connectivity index (χ1v) is 23.4. The number of carbonyl (C=O) groups excluding carboxylic acids is 3. The highest BCUT2D eigenvalue weighted by atomic mass is 32.2. The summed E-state index contributed by atoms with van der Waals surface area (Å²) in [4.78, 5) is 65.7. The normalized spacial score (nSPS) is 35.0. The van der Waals surface area contributed by atoms with Gasteiger partial charge in [0.1, 0.15) is 11.2 Å². The number of aromatic amines is 1. The number of carboxylic acids is 1. The summed E-state index contributed by atoms with van der Waals surface area (Å²) in [6, 6.07) is 8.44. The zero-order valence-electron chi connectivity index (χ0n) is 37.7. The van der Waals surface area contributed by atoms with Crippen LogP contribution in [0.25, 0.3) is 10.9 Å². The van der Waals surface area contributed by atoms with E-state index in [9.17, 15) is 29.7 Å². The monoisotopic (exact) mass is 900 g/mol. The van der Waals surface area contributed by atoms with E-state index in [4.69, 9.17) is 18.9 Å². The maximum absolute atomic E-state index is 15.5. The number of likely N-dealkylation sites (N-methyl/N-ethyl adjacent to an activating group) is 1. The summed E-state index contributed by atoms with van der Waals surface area (Å²) in [6.45, 7) is 8.24. The minimum atomic E-state index is -2.35. The van der Waals surface area contributed by atoms with Crippen LogP contribution in [0.4, 0.5) is 5.69 Å². The van der Waals surface area contributed by atoms with Crippen LogP contribution in [0.3, 0.4) is 0 Å². The number of thioether (sulfide) groups is 1. The van der Waals surface area contributed by atoms with Gasteiger partial charge in [-0.25, -0.2) is 4.79 Å². The Morgan fingerprint density at radius 2 is 1.72 bits per heavy atom. The van der Waals surface area contributed by atoms with Gasteiger partial charge in [0.05, 0.1) is 38.7 Å². The Kier molecular flexibility index (Phi) is 11.0. The summed E-state index contributed by atoms with van der Waals surface area (Å²) >= 11 is 1.23. The molecule has 6 heterocycles. The third-order valence-electron chi connectivity index (χ3n) is 16.0. The summed E-state index contributed by atoms with van der Waals surface area (Å²) < 4.78 is 24.0. The van der Waals surface area contributed by atoms with Gasteiger partial charge in [0.15, 0.2) is 6.10 Å². The van der Waals surface area contributed by atoms with E-state index in [1.807, 2.05) is 62.2 Å². The summed E-state index contributed by atoms with van der Waals surface area (Å²) in [5, 5.41) is 35.9. The van der Waals surface area contributed by atoms with Crippen molar-refractivity contribution in [3.05, 3.63) is 64.9 Å². The molecule has 64 heavy (non-hydrogen) atoms. The van der Waals surface area contributed by atoms with E-state index in [1.54, 1.807) is 7.11 Å². The van der Waals surface area contributed by atoms with Crippen LogP contribution in [0.15, 0.2) is 47.4 Å². The minimum Gasteiger partial charge on any atom is -0.496 e. The van der Waals surface area contributed by atoms with E-state index in [2.05, 4.69) is 20.9 Å². The van der Waals surface area contributed by atoms with Crippen LogP contribution in [0.2, 0.25) is 0 Å². The second kappa shape index (κ2) is 15.8. The molecule has 1 aliphatic carbocycles. The number of ether oxygens (including phenoxy) is 4. The first-order valence-electron chi connectivity index (χ1n) is 22.4. The van der Waals surface area contributed by atoms with Crippen molar-refractivity contribution >= 4 is 52.2 Å². The van der Waals surface area contributed by atoms with Crippen molar-refractivity contribution < 1.29 is 53.4 Å².